The Bertz CT molecular complexity index is 1070. The van der Waals surface area contributed by atoms with E-state index in [1.54, 1.807) is 0 Å². The van der Waals surface area contributed by atoms with Crippen molar-refractivity contribution in [3.8, 4) is 11.1 Å². The lowest BCUT2D eigenvalue weighted by Crippen LogP contribution is -2.15. The highest BCUT2D eigenvalue weighted by Crippen LogP contribution is 2.50. The van der Waals surface area contributed by atoms with Gasteiger partial charge in [-0.05, 0) is 70.8 Å². The van der Waals surface area contributed by atoms with E-state index < -0.39 is 0 Å². The standard InChI is InChI=1S/C27H24N2/c1-27(2)25-17-21(28-19-9-5-3-6-10-19)13-15-23(25)24-16-14-22(18-26(24)27)29-20-11-7-4-8-12-20/h3-18,28-29H,1-2H3. The molecule has 0 saturated carbocycles. The molecule has 0 atom stereocenters. The molecule has 0 heterocycles. The van der Waals surface area contributed by atoms with Gasteiger partial charge < -0.3 is 10.6 Å². The summed E-state index contributed by atoms with van der Waals surface area (Å²) in [5.41, 5.74) is 9.80. The van der Waals surface area contributed by atoms with E-state index in [1.807, 2.05) is 12.1 Å². The van der Waals surface area contributed by atoms with Gasteiger partial charge in [0, 0.05) is 28.2 Å². The highest BCUT2D eigenvalue weighted by molar-refractivity contribution is 5.84. The van der Waals surface area contributed by atoms with Crippen LogP contribution in [-0.4, -0.2) is 0 Å². The summed E-state index contributed by atoms with van der Waals surface area (Å²) in [5, 5.41) is 7.06. The number of hydrogen-bond donors (Lipinski definition) is 2. The Hall–Kier alpha value is -3.52. The molecule has 0 spiro atoms. The molecular weight excluding hydrogens is 352 g/mol. The van der Waals surface area contributed by atoms with Crippen molar-refractivity contribution < 1.29 is 0 Å². The number of nitrogens with one attached hydrogen (secondary N) is 2. The molecule has 4 aromatic rings. The van der Waals surface area contributed by atoms with Crippen LogP contribution in [0.3, 0.4) is 0 Å². The first kappa shape index (κ1) is 17.6. The first-order valence-electron chi connectivity index (χ1n) is 10.0. The topological polar surface area (TPSA) is 24.1 Å². The van der Waals surface area contributed by atoms with Crippen molar-refractivity contribution in [2.75, 3.05) is 10.6 Å². The van der Waals surface area contributed by atoms with E-state index >= 15 is 0 Å². The second kappa shape index (κ2) is 6.82. The van der Waals surface area contributed by atoms with Crippen LogP contribution in [0, 0.1) is 0 Å². The Morgan fingerprint density at radius 2 is 0.897 bits per heavy atom. The van der Waals surface area contributed by atoms with Gasteiger partial charge in [0.05, 0.1) is 0 Å². The van der Waals surface area contributed by atoms with Gasteiger partial charge in [-0.3, -0.25) is 0 Å². The van der Waals surface area contributed by atoms with Crippen molar-refractivity contribution in [1.82, 2.24) is 0 Å². The fourth-order valence-electron chi connectivity index (χ4n) is 4.27. The number of para-hydroxylation sites is 2. The maximum atomic E-state index is 3.53. The van der Waals surface area contributed by atoms with Gasteiger partial charge in [0.2, 0.25) is 0 Å². The second-order valence-corrected chi connectivity index (χ2v) is 8.13. The number of benzene rings is 4. The predicted octanol–water partition coefficient (Wildman–Crippen LogP) is 7.48. The Kier molecular flexibility index (Phi) is 4.13. The molecule has 2 heteroatoms. The molecule has 5 rings (SSSR count). The average Bonchev–Trinajstić information content (AvgIpc) is 2.96. The summed E-state index contributed by atoms with van der Waals surface area (Å²) in [4.78, 5) is 0. The molecule has 0 aliphatic heterocycles. The van der Waals surface area contributed by atoms with Crippen LogP contribution in [0.5, 0.6) is 0 Å². The van der Waals surface area contributed by atoms with Crippen LogP contribution in [0.4, 0.5) is 22.7 Å². The van der Waals surface area contributed by atoms with Gasteiger partial charge in [-0.1, -0.05) is 62.4 Å². The van der Waals surface area contributed by atoms with Gasteiger partial charge in [0.25, 0.3) is 0 Å². The lowest BCUT2D eigenvalue weighted by molar-refractivity contribution is 0.661. The van der Waals surface area contributed by atoms with E-state index in [-0.39, 0.29) is 5.41 Å². The molecule has 29 heavy (non-hydrogen) atoms. The molecule has 0 unspecified atom stereocenters. The average molecular weight is 377 g/mol. The number of fused-ring (bicyclic) bond motifs is 3. The maximum absolute atomic E-state index is 3.53. The molecule has 0 saturated heterocycles. The van der Waals surface area contributed by atoms with E-state index in [4.69, 9.17) is 0 Å². The summed E-state index contributed by atoms with van der Waals surface area (Å²) in [7, 11) is 0. The Balaban J connectivity index is 1.49. The van der Waals surface area contributed by atoms with Crippen molar-refractivity contribution >= 4 is 22.7 Å². The Morgan fingerprint density at radius 1 is 0.483 bits per heavy atom. The van der Waals surface area contributed by atoms with Crippen molar-refractivity contribution in [1.29, 1.82) is 0 Å². The number of anilines is 4. The van der Waals surface area contributed by atoms with Gasteiger partial charge in [-0.25, -0.2) is 0 Å². The van der Waals surface area contributed by atoms with Crippen LogP contribution in [0.15, 0.2) is 97.1 Å². The van der Waals surface area contributed by atoms with Crippen LogP contribution in [-0.2, 0) is 5.41 Å². The third kappa shape index (κ3) is 3.17. The summed E-state index contributed by atoms with van der Waals surface area (Å²) in [6, 6.07) is 34.1. The summed E-state index contributed by atoms with van der Waals surface area (Å²) >= 11 is 0. The van der Waals surface area contributed by atoms with Crippen molar-refractivity contribution in [3.05, 3.63) is 108 Å². The van der Waals surface area contributed by atoms with Crippen molar-refractivity contribution in [2.45, 2.75) is 19.3 Å². The van der Waals surface area contributed by atoms with Crippen molar-refractivity contribution in [3.63, 3.8) is 0 Å². The van der Waals surface area contributed by atoms with Gasteiger partial charge in [-0.15, -0.1) is 0 Å². The molecule has 0 fully saturated rings. The molecule has 0 aromatic heterocycles. The smallest absolute Gasteiger partial charge is 0.0387 e. The molecule has 1 aliphatic rings. The minimum absolute atomic E-state index is 0.0482. The summed E-state index contributed by atoms with van der Waals surface area (Å²) in [6.45, 7) is 4.63. The molecule has 2 N–H and O–H groups in total. The van der Waals surface area contributed by atoms with Crippen molar-refractivity contribution in [2.24, 2.45) is 0 Å². The van der Waals surface area contributed by atoms with Gasteiger partial charge in [0.1, 0.15) is 0 Å². The highest BCUT2D eigenvalue weighted by Gasteiger charge is 2.35. The quantitative estimate of drug-likeness (QED) is 0.386. The summed E-state index contributed by atoms with van der Waals surface area (Å²) in [5.74, 6) is 0. The van der Waals surface area contributed by atoms with E-state index in [0.29, 0.717) is 0 Å². The van der Waals surface area contributed by atoms with Crippen LogP contribution in [0.2, 0.25) is 0 Å². The Morgan fingerprint density at radius 3 is 1.31 bits per heavy atom. The van der Waals surface area contributed by atoms with Gasteiger partial charge in [0.15, 0.2) is 0 Å². The SMILES string of the molecule is CC1(C)c2cc(Nc3ccccc3)ccc2-c2ccc(Nc3ccccc3)cc21. The van der Waals surface area contributed by atoms with E-state index in [9.17, 15) is 0 Å². The second-order valence-electron chi connectivity index (χ2n) is 8.13. The first-order chi connectivity index (χ1) is 14.1. The molecule has 1 aliphatic carbocycles. The third-order valence-corrected chi connectivity index (χ3v) is 5.80. The monoisotopic (exact) mass is 376 g/mol. The van der Waals surface area contributed by atoms with Gasteiger partial charge in [-0.2, -0.15) is 0 Å². The molecule has 142 valence electrons. The zero-order chi connectivity index (χ0) is 19.8. The van der Waals surface area contributed by atoms with Crippen LogP contribution >= 0.6 is 0 Å². The zero-order valence-corrected chi connectivity index (χ0v) is 16.7. The minimum Gasteiger partial charge on any atom is -0.356 e. The molecule has 4 aromatic carbocycles. The lowest BCUT2D eigenvalue weighted by Gasteiger charge is -2.23. The third-order valence-electron chi connectivity index (χ3n) is 5.80. The normalized spacial score (nSPS) is 13.4. The summed E-state index contributed by atoms with van der Waals surface area (Å²) in [6.07, 6.45) is 0. The number of rotatable bonds is 4. The fourth-order valence-corrected chi connectivity index (χ4v) is 4.27. The van der Waals surface area contributed by atoms with Crippen LogP contribution in [0.25, 0.3) is 11.1 Å². The maximum Gasteiger partial charge on any atom is 0.0387 e. The molecule has 2 nitrogen and oxygen atoms in total. The van der Waals surface area contributed by atoms with E-state index in [2.05, 4.69) is 109 Å². The lowest BCUT2D eigenvalue weighted by atomic mass is 9.82. The Labute approximate surface area is 172 Å². The first-order valence-corrected chi connectivity index (χ1v) is 10.0. The van der Waals surface area contributed by atoms with Gasteiger partial charge >= 0.3 is 0 Å². The zero-order valence-electron chi connectivity index (χ0n) is 16.7. The van der Waals surface area contributed by atoms with E-state index in [0.717, 1.165) is 22.7 Å². The number of hydrogen-bond acceptors (Lipinski definition) is 2. The molecule has 0 radical (unpaired) electrons. The fraction of sp³-hybridized carbons (Fsp3) is 0.111. The molecule has 0 bridgehead atoms. The van der Waals surface area contributed by atoms with Crippen LogP contribution in [0.1, 0.15) is 25.0 Å². The molecular formula is C27H24N2. The van der Waals surface area contributed by atoms with E-state index in [1.165, 1.54) is 22.3 Å². The minimum atomic E-state index is -0.0482. The highest BCUT2D eigenvalue weighted by atomic mass is 14.9. The summed E-state index contributed by atoms with van der Waals surface area (Å²) < 4.78 is 0. The van der Waals surface area contributed by atoms with Crippen LogP contribution < -0.4 is 10.6 Å². The molecule has 0 amide bonds. The largest absolute Gasteiger partial charge is 0.356 e. The predicted molar refractivity (Wildman–Crippen MR) is 123 cm³/mol.